The molecule has 5 atom stereocenters. The Morgan fingerprint density at radius 1 is 0.526 bits per heavy atom. The van der Waals surface area contributed by atoms with Gasteiger partial charge < -0.3 is 95.5 Å². The molecule has 3 aromatic rings. The van der Waals surface area contributed by atoms with Gasteiger partial charge in [0.05, 0.1) is 91.7 Å². The van der Waals surface area contributed by atoms with Crippen molar-refractivity contribution < 1.29 is 96.1 Å². The number of thioether (sulfide) groups is 1. The third kappa shape index (κ3) is 44.9. The van der Waals surface area contributed by atoms with Crippen LogP contribution in [0.15, 0.2) is 121 Å². The molecule has 642 valence electrons. The van der Waals surface area contributed by atoms with E-state index in [1.807, 2.05) is 11.0 Å². The van der Waals surface area contributed by atoms with Crippen LogP contribution < -0.4 is 47.3 Å². The van der Waals surface area contributed by atoms with Gasteiger partial charge in [-0.1, -0.05) is 142 Å². The average molecular weight is 1640 g/mol. The zero-order valence-electron chi connectivity index (χ0n) is 67.9. The van der Waals surface area contributed by atoms with E-state index in [2.05, 4.69) is 98.1 Å². The van der Waals surface area contributed by atoms with E-state index in [1.165, 1.54) is 26.4 Å². The number of rotatable bonds is 68. The van der Waals surface area contributed by atoms with Crippen molar-refractivity contribution in [3.8, 4) is 11.5 Å². The van der Waals surface area contributed by atoms with Crippen molar-refractivity contribution in [2.45, 2.75) is 184 Å². The fraction of sp³-hybridized carbons (Fsp3) is 0.581. The SMILES string of the molecule is CCCCC/C=C\C/C=C\C/C=C\C/C=C\CCCC(=O)N(CCCCCC(=O)NCCOCCOCC(=O)NCCOCCOCC(=O)N[C@@H](Cc1ccc(C(=O)c2ccccc2)cc1)C(=O)NCCCOCCOCCOCCCNC(=O)[C@H](CC(=O)O)NC(=O)CCCC[C@@H]1SC[C@@H]2NC(=O)N[C@@H]21)Cc1ccc(O)c(OC)c1. The van der Waals surface area contributed by atoms with Crippen LogP contribution in [0.3, 0.4) is 0 Å². The summed E-state index contributed by atoms with van der Waals surface area (Å²) >= 11 is 1.79. The summed E-state index contributed by atoms with van der Waals surface area (Å²) in [5.74, 6) is -2.50. The first-order valence-corrected chi connectivity index (χ1v) is 42.1. The Balaban J connectivity index is 0.852. The van der Waals surface area contributed by atoms with Gasteiger partial charge in [-0.2, -0.15) is 11.8 Å². The molecule has 0 saturated carbocycles. The lowest BCUT2D eigenvalue weighted by Crippen LogP contribution is -2.49. The Kier molecular flexibility index (Phi) is 52.4. The van der Waals surface area contributed by atoms with Crippen LogP contribution in [0.5, 0.6) is 11.5 Å². The van der Waals surface area contributed by atoms with E-state index in [9.17, 15) is 58.2 Å². The second-order valence-electron chi connectivity index (χ2n) is 28.1. The second kappa shape index (κ2) is 62.3. The molecule has 2 heterocycles. The molecule has 116 heavy (non-hydrogen) atoms. The standard InChI is InChI=1S/C86H127N9O20S/c1-3-4-5-6-7-8-9-10-11-12-13-14-15-16-17-18-24-35-80(101)95(62-67-38-41-73(96)74(60-67)108-2)46-27-20-23-33-76(97)87-44-49-111-55-57-114-63-78(99)88-45-50-112-56-58-115-64-79(100)92-70(59-66-36-39-69(40-37-66)83(104)68-30-21-19-22-31-68)84(105)89-42-28-47-109-51-53-113-54-52-110-48-29-43-90-85(106)71(61-81(102)103)91-77(98)34-26-25-32-75-82-72(65-116-75)93-86(107)94-82/h7-8,10-11,13-14,16-17,19,21-22,30-31,36-41,60,70-72,75,82,96H,3-6,9,12,15,18,20,23-29,32-35,42-59,61-65H2,1-2H3,(H,87,97)(H,88,99)(H,89,105)(H,90,106)(H,91,98)(H,92,100)(H,102,103)(H2,93,94,107)/b8-7-,11-10-,14-13-,17-16-/t70-,71-,72-,75-,82-/m0/s1. The lowest BCUT2D eigenvalue weighted by atomic mass is 9.99. The minimum atomic E-state index is -1.22. The number of methoxy groups -OCH3 is 1. The van der Waals surface area contributed by atoms with Crippen molar-refractivity contribution in [1.82, 2.24) is 47.4 Å². The smallest absolute Gasteiger partial charge is 0.315 e. The third-order valence-corrected chi connectivity index (χ3v) is 20.1. The van der Waals surface area contributed by atoms with E-state index >= 15 is 0 Å². The summed E-state index contributed by atoms with van der Waals surface area (Å²) in [4.78, 5) is 129. The molecule has 3 aromatic carbocycles. The first-order valence-electron chi connectivity index (χ1n) is 41.1. The number of ether oxygens (including phenoxy) is 8. The van der Waals surface area contributed by atoms with Gasteiger partial charge in [-0.3, -0.25) is 43.2 Å². The van der Waals surface area contributed by atoms with Gasteiger partial charge in [-0.05, 0) is 107 Å². The van der Waals surface area contributed by atoms with E-state index in [1.54, 1.807) is 78.5 Å². The number of nitrogens with one attached hydrogen (secondary N) is 8. The van der Waals surface area contributed by atoms with E-state index in [0.29, 0.717) is 93.8 Å². The van der Waals surface area contributed by atoms with Crippen LogP contribution in [0.2, 0.25) is 0 Å². The quantitative estimate of drug-likeness (QED) is 0.0110. The van der Waals surface area contributed by atoms with Gasteiger partial charge >= 0.3 is 12.0 Å². The Bertz CT molecular complexity index is 3480. The summed E-state index contributed by atoms with van der Waals surface area (Å²) in [6.45, 7) is 6.32. The number of carboxylic acids is 1. The summed E-state index contributed by atoms with van der Waals surface area (Å²) in [6, 6.07) is 18.7. The normalized spacial score (nSPS) is 14.9. The number of urea groups is 1. The van der Waals surface area contributed by atoms with Crippen LogP contribution in [0.4, 0.5) is 4.79 Å². The molecular formula is C86H127N9O20S. The maximum absolute atomic E-state index is 13.6. The number of carbonyl (C=O) groups is 10. The summed E-state index contributed by atoms with van der Waals surface area (Å²) in [7, 11) is 1.49. The highest BCUT2D eigenvalue weighted by Crippen LogP contribution is 2.33. The zero-order valence-corrected chi connectivity index (χ0v) is 68.8. The highest BCUT2D eigenvalue weighted by atomic mass is 32.2. The summed E-state index contributed by atoms with van der Waals surface area (Å²) in [5.41, 5.74) is 2.56. The van der Waals surface area contributed by atoms with Crippen LogP contribution in [0.1, 0.15) is 169 Å². The zero-order chi connectivity index (χ0) is 83.3. The molecule has 0 aliphatic carbocycles. The van der Waals surface area contributed by atoms with Crippen LogP contribution in [0, 0.1) is 0 Å². The van der Waals surface area contributed by atoms with Crippen molar-refractivity contribution in [3.05, 3.63) is 144 Å². The molecule has 2 saturated heterocycles. The van der Waals surface area contributed by atoms with Crippen molar-refractivity contribution >= 4 is 70.9 Å². The van der Waals surface area contributed by atoms with Gasteiger partial charge in [0, 0.05) is 100 Å². The van der Waals surface area contributed by atoms with E-state index in [-0.39, 0.29) is 164 Å². The van der Waals surface area contributed by atoms with Crippen molar-refractivity contribution in [2.24, 2.45) is 0 Å². The number of ketones is 1. The van der Waals surface area contributed by atoms with Gasteiger partial charge in [0.2, 0.25) is 41.4 Å². The maximum atomic E-state index is 13.6. The maximum Gasteiger partial charge on any atom is 0.315 e. The minimum absolute atomic E-state index is 0.0329. The highest BCUT2D eigenvalue weighted by molar-refractivity contribution is 8.00. The molecule has 30 heteroatoms. The Morgan fingerprint density at radius 3 is 1.70 bits per heavy atom. The third-order valence-electron chi connectivity index (χ3n) is 18.6. The number of aliphatic carboxylic acids is 1. The summed E-state index contributed by atoms with van der Waals surface area (Å²) < 4.78 is 44.3. The molecule has 29 nitrogen and oxygen atoms in total. The Morgan fingerprint density at radius 2 is 1.07 bits per heavy atom. The molecule has 5 rings (SSSR count). The number of hydrogen-bond donors (Lipinski definition) is 10. The number of hydrogen-bond acceptors (Lipinski definition) is 20. The molecular weight excluding hydrogens is 1510 g/mol. The first-order chi connectivity index (χ1) is 56.5. The number of unbranched alkanes of at least 4 members (excludes halogenated alkanes) is 7. The van der Waals surface area contributed by atoms with Crippen LogP contribution >= 0.6 is 11.8 Å². The predicted octanol–water partition coefficient (Wildman–Crippen LogP) is 8.44. The summed E-state index contributed by atoms with van der Waals surface area (Å²) in [5, 5.41) is 42.1. The van der Waals surface area contributed by atoms with Crippen molar-refractivity contribution in [2.75, 3.05) is 138 Å². The minimum Gasteiger partial charge on any atom is -0.504 e. The molecule has 0 spiro atoms. The Labute approximate surface area is 688 Å². The Hall–Kier alpha value is -9.01. The monoisotopic (exact) mass is 1640 g/mol. The number of phenols is 1. The van der Waals surface area contributed by atoms with Gasteiger partial charge in [0.25, 0.3) is 0 Å². The molecule has 0 unspecified atom stereocenters. The molecule has 2 aliphatic heterocycles. The second-order valence-corrected chi connectivity index (χ2v) is 29.3. The fourth-order valence-electron chi connectivity index (χ4n) is 12.3. The lowest BCUT2D eigenvalue weighted by Gasteiger charge is -2.23. The van der Waals surface area contributed by atoms with E-state index in [4.69, 9.17) is 37.9 Å². The molecule has 0 radical (unpaired) electrons. The molecule has 10 N–H and O–H groups in total. The van der Waals surface area contributed by atoms with E-state index in [0.717, 1.165) is 75.5 Å². The van der Waals surface area contributed by atoms with Gasteiger partial charge in [0.15, 0.2) is 17.3 Å². The van der Waals surface area contributed by atoms with Crippen LogP contribution in [-0.4, -0.2) is 242 Å². The molecule has 9 amide bonds. The molecule has 0 bridgehead atoms. The molecule has 2 aliphatic rings. The predicted molar refractivity (Wildman–Crippen MR) is 444 cm³/mol. The number of amides is 9. The number of carboxylic acid groups (broad SMARTS) is 1. The summed E-state index contributed by atoms with van der Waals surface area (Å²) in [6.07, 6.45) is 32.4. The number of benzene rings is 3. The van der Waals surface area contributed by atoms with Crippen LogP contribution in [0.25, 0.3) is 0 Å². The topological polar surface area (TPSA) is 384 Å². The molecule has 0 aromatic heterocycles. The van der Waals surface area contributed by atoms with Crippen molar-refractivity contribution in [1.29, 1.82) is 0 Å². The number of phenolic OH excluding ortho intramolecular Hbond substituents is 1. The lowest BCUT2D eigenvalue weighted by molar-refractivity contribution is -0.140. The van der Waals surface area contributed by atoms with E-state index < -0.39 is 48.1 Å². The molecule has 2 fully saturated rings. The van der Waals surface area contributed by atoms with Gasteiger partial charge in [-0.15, -0.1) is 0 Å². The number of allylic oxidation sites excluding steroid dienone is 8. The van der Waals surface area contributed by atoms with Crippen LogP contribution in [-0.2, 0) is 84.5 Å². The number of nitrogens with zero attached hydrogens (tertiary/aromatic N) is 1. The number of aromatic hydroxyl groups is 1. The van der Waals surface area contributed by atoms with Crippen molar-refractivity contribution in [3.63, 3.8) is 0 Å². The largest absolute Gasteiger partial charge is 0.504 e. The fourth-order valence-corrected chi connectivity index (χ4v) is 13.9. The average Bonchev–Trinajstić information content (AvgIpc) is 1.66. The highest BCUT2D eigenvalue weighted by Gasteiger charge is 2.42. The number of carbonyl (C=O) groups excluding carboxylic acids is 9. The first kappa shape index (κ1) is 97.6. The number of fused-ring (bicyclic) bond motifs is 1. The van der Waals surface area contributed by atoms with Gasteiger partial charge in [-0.25, -0.2) is 4.79 Å². The van der Waals surface area contributed by atoms with Gasteiger partial charge in [0.1, 0.15) is 25.3 Å².